The monoisotopic (exact) mass is 207 g/mol. The average molecular weight is 207 g/mol. The van der Waals surface area contributed by atoms with Gasteiger partial charge in [0.05, 0.1) is 5.69 Å². The van der Waals surface area contributed by atoms with Crippen molar-refractivity contribution in [2.45, 2.75) is 0 Å². The Balaban J connectivity index is 2.52. The zero-order valence-electron chi connectivity index (χ0n) is 6.54. The van der Waals surface area contributed by atoms with Gasteiger partial charge in [-0.3, -0.25) is 0 Å². The predicted molar refractivity (Wildman–Crippen MR) is 56.4 cm³/mol. The summed E-state index contributed by atoms with van der Waals surface area (Å²) in [5.74, 6) is 0. The van der Waals surface area contributed by atoms with Crippen molar-refractivity contribution in [2.24, 2.45) is 5.11 Å². The van der Waals surface area contributed by atoms with E-state index < -0.39 is 0 Å². The van der Waals surface area contributed by atoms with Gasteiger partial charge in [-0.1, -0.05) is 5.11 Å². The molecule has 0 fully saturated rings. The molecule has 0 aliphatic rings. The van der Waals surface area contributed by atoms with Crippen LogP contribution < -0.4 is 0 Å². The zero-order valence-corrected chi connectivity index (χ0v) is 8.18. The molecule has 0 saturated carbocycles. The quantitative estimate of drug-likeness (QED) is 0.397. The Hall–Kier alpha value is -1.29. The van der Waals surface area contributed by atoms with E-state index in [0.29, 0.717) is 5.69 Å². The zero-order chi connectivity index (χ0) is 9.10. The van der Waals surface area contributed by atoms with Gasteiger partial charge in [0, 0.05) is 15.9 Å². The summed E-state index contributed by atoms with van der Waals surface area (Å²) in [5, 5.41) is 11.5. The maximum absolute atomic E-state index is 8.33. The van der Waals surface area contributed by atoms with E-state index in [9.17, 15) is 0 Å². The standard InChI is InChI=1S/C8H5N3S2/c9-11-10-8-5-13-4-7(8)6-1-2-12-3-6/h1-5H. The molecule has 0 atom stereocenters. The molecule has 0 aliphatic heterocycles. The van der Waals surface area contributed by atoms with Crippen LogP contribution in [0.1, 0.15) is 0 Å². The highest BCUT2D eigenvalue weighted by molar-refractivity contribution is 7.09. The highest BCUT2D eigenvalue weighted by Crippen LogP contribution is 2.34. The molecule has 64 valence electrons. The van der Waals surface area contributed by atoms with Crippen LogP contribution in [0.15, 0.2) is 32.7 Å². The van der Waals surface area contributed by atoms with Crippen LogP contribution in [0.5, 0.6) is 0 Å². The maximum atomic E-state index is 8.33. The lowest BCUT2D eigenvalue weighted by Gasteiger charge is -1.92. The third-order valence-electron chi connectivity index (χ3n) is 1.63. The van der Waals surface area contributed by atoms with Crippen LogP contribution in [-0.2, 0) is 0 Å². The third kappa shape index (κ3) is 1.58. The van der Waals surface area contributed by atoms with Gasteiger partial charge < -0.3 is 0 Å². The molecule has 0 N–H and O–H groups in total. The van der Waals surface area contributed by atoms with E-state index >= 15 is 0 Å². The van der Waals surface area contributed by atoms with Crippen LogP contribution in [-0.4, -0.2) is 0 Å². The van der Waals surface area contributed by atoms with E-state index in [1.807, 2.05) is 27.6 Å². The summed E-state index contributed by atoms with van der Waals surface area (Å²) in [5.41, 5.74) is 11.2. The minimum absolute atomic E-state index is 0.714. The minimum Gasteiger partial charge on any atom is -0.152 e. The average Bonchev–Trinajstić information content (AvgIpc) is 2.71. The van der Waals surface area contributed by atoms with Gasteiger partial charge in [0.2, 0.25) is 0 Å². The van der Waals surface area contributed by atoms with Crippen molar-refractivity contribution in [3.63, 3.8) is 0 Å². The van der Waals surface area contributed by atoms with Crippen molar-refractivity contribution >= 4 is 28.4 Å². The maximum Gasteiger partial charge on any atom is 0.0561 e. The Labute approximate surface area is 82.9 Å². The number of rotatable bonds is 2. The SMILES string of the molecule is [N-]=[N+]=Nc1cscc1-c1ccsc1. The molecule has 0 saturated heterocycles. The smallest absolute Gasteiger partial charge is 0.0561 e. The Morgan fingerprint density at radius 1 is 1.23 bits per heavy atom. The number of hydrogen-bond acceptors (Lipinski definition) is 3. The molecule has 3 nitrogen and oxygen atoms in total. The van der Waals surface area contributed by atoms with Crippen LogP contribution in [0.2, 0.25) is 0 Å². The predicted octanol–water partition coefficient (Wildman–Crippen LogP) is 4.42. The number of azide groups is 1. The van der Waals surface area contributed by atoms with Gasteiger partial charge in [0.1, 0.15) is 0 Å². The van der Waals surface area contributed by atoms with Crippen LogP contribution in [0.25, 0.3) is 21.6 Å². The molecule has 0 aliphatic carbocycles. The largest absolute Gasteiger partial charge is 0.152 e. The lowest BCUT2D eigenvalue weighted by Crippen LogP contribution is -1.65. The van der Waals surface area contributed by atoms with Crippen LogP contribution >= 0.6 is 22.7 Å². The second-order valence-corrected chi connectivity index (χ2v) is 3.90. The van der Waals surface area contributed by atoms with E-state index in [0.717, 1.165) is 11.1 Å². The van der Waals surface area contributed by atoms with Crippen LogP contribution in [0, 0.1) is 0 Å². The number of nitrogens with zero attached hydrogens (tertiary/aromatic N) is 3. The van der Waals surface area contributed by atoms with Gasteiger partial charge in [0.25, 0.3) is 0 Å². The van der Waals surface area contributed by atoms with Crippen molar-refractivity contribution in [3.8, 4) is 11.1 Å². The summed E-state index contributed by atoms with van der Waals surface area (Å²) < 4.78 is 0. The topological polar surface area (TPSA) is 48.8 Å². The molecule has 2 aromatic heterocycles. The minimum atomic E-state index is 0.714. The molecule has 0 amide bonds. The molecule has 0 radical (unpaired) electrons. The fourth-order valence-corrected chi connectivity index (χ4v) is 2.47. The van der Waals surface area contributed by atoms with Crippen molar-refractivity contribution in [2.75, 3.05) is 0 Å². The Kier molecular flexibility index (Phi) is 2.31. The Morgan fingerprint density at radius 3 is 2.85 bits per heavy atom. The second-order valence-electron chi connectivity index (χ2n) is 2.37. The Bertz CT molecular complexity index is 438. The van der Waals surface area contributed by atoms with E-state index in [2.05, 4.69) is 10.0 Å². The summed E-state index contributed by atoms with van der Waals surface area (Å²) in [6, 6.07) is 2.02. The number of thiophene rings is 2. The van der Waals surface area contributed by atoms with Gasteiger partial charge in [-0.2, -0.15) is 22.7 Å². The van der Waals surface area contributed by atoms with Crippen LogP contribution in [0.4, 0.5) is 5.69 Å². The summed E-state index contributed by atoms with van der Waals surface area (Å²) in [6.45, 7) is 0. The summed E-state index contributed by atoms with van der Waals surface area (Å²) in [4.78, 5) is 2.78. The molecule has 0 spiro atoms. The van der Waals surface area contributed by atoms with Gasteiger partial charge in [-0.05, 0) is 33.3 Å². The van der Waals surface area contributed by atoms with Crippen LogP contribution in [0.3, 0.4) is 0 Å². The Morgan fingerprint density at radius 2 is 2.15 bits per heavy atom. The first-order valence-corrected chi connectivity index (χ1v) is 5.44. The van der Waals surface area contributed by atoms with Gasteiger partial charge in [0.15, 0.2) is 0 Å². The summed E-state index contributed by atoms with van der Waals surface area (Å²) in [6.07, 6.45) is 0. The van der Waals surface area contributed by atoms with Crippen molar-refractivity contribution in [1.82, 2.24) is 0 Å². The number of hydrogen-bond donors (Lipinski definition) is 0. The second kappa shape index (κ2) is 3.62. The molecule has 2 rings (SSSR count). The first kappa shape index (κ1) is 8.31. The van der Waals surface area contributed by atoms with E-state index in [1.165, 1.54) is 0 Å². The fraction of sp³-hybridized carbons (Fsp3) is 0. The third-order valence-corrected chi connectivity index (χ3v) is 3.04. The van der Waals surface area contributed by atoms with E-state index in [4.69, 9.17) is 5.53 Å². The lowest BCUT2D eigenvalue weighted by molar-refractivity contribution is 1.52. The van der Waals surface area contributed by atoms with Gasteiger partial charge >= 0.3 is 0 Å². The molecule has 0 aromatic carbocycles. The molecule has 2 aromatic rings. The molecule has 2 heterocycles. The summed E-state index contributed by atoms with van der Waals surface area (Å²) in [7, 11) is 0. The van der Waals surface area contributed by atoms with E-state index in [1.54, 1.807) is 22.7 Å². The molecular weight excluding hydrogens is 202 g/mol. The highest BCUT2D eigenvalue weighted by Gasteiger charge is 2.04. The molecule has 13 heavy (non-hydrogen) atoms. The molecule has 0 unspecified atom stereocenters. The first-order valence-electron chi connectivity index (χ1n) is 3.55. The van der Waals surface area contributed by atoms with E-state index in [-0.39, 0.29) is 0 Å². The lowest BCUT2D eigenvalue weighted by atomic mass is 10.2. The first-order chi connectivity index (χ1) is 6.42. The molecule has 5 heteroatoms. The van der Waals surface area contributed by atoms with Crippen molar-refractivity contribution in [3.05, 3.63) is 38.0 Å². The highest BCUT2D eigenvalue weighted by atomic mass is 32.1. The van der Waals surface area contributed by atoms with Crippen molar-refractivity contribution < 1.29 is 0 Å². The van der Waals surface area contributed by atoms with Gasteiger partial charge in [-0.15, -0.1) is 0 Å². The normalized spacial score (nSPS) is 9.54. The fourth-order valence-electron chi connectivity index (χ4n) is 1.05. The molecular formula is C8H5N3S2. The molecule has 0 bridgehead atoms. The van der Waals surface area contributed by atoms with Crippen molar-refractivity contribution in [1.29, 1.82) is 0 Å². The summed E-state index contributed by atoms with van der Waals surface area (Å²) >= 11 is 3.18. The van der Waals surface area contributed by atoms with Gasteiger partial charge in [-0.25, -0.2) is 0 Å².